The molecular weight excluding hydrogens is 284 g/mol. The number of amides is 1. The van der Waals surface area contributed by atoms with Gasteiger partial charge in [-0.25, -0.2) is 4.79 Å². The van der Waals surface area contributed by atoms with Crippen LogP contribution in [0.1, 0.15) is 20.8 Å². The number of carbonyl (C=O) groups excluding carboxylic acids is 1. The summed E-state index contributed by atoms with van der Waals surface area (Å²) in [5.74, 6) is 0. The smallest absolute Gasteiger partial charge is 0.410 e. The molecule has 1 fully saturated rings. The average molecular weight is 308 g/mol. The van der Waals surface area contributed by atoms with Crippen LogP contribution in [-0.4, -0.2) is 54.4 Å². The van der Waals surface area contributed by atoms with Gasteiger partial charge in [-0.3, -0.25) is 4.79 Å². The molecule has 0 aliphatic carbocycles. The quantitative estimate of drug-likeness (QED) is 0.807. The maximum atomic E-state index is 11.9. The van der Waals surface area contributed by atoms with Crippen molar-refractivity contribution in [2.24, 2.45) is 0 Å². The van der Waals surface area contributed by atoms with Gasteiger partial charge in [0.1, 0.15) is 5.60 Å². The fourth-order valence-electron chi connectivity index (χ4n) is 2.11. The molecular formula is C16H24N2O4. The highest BCUT2D eigenvalue weighted by Gasteiger charge is 2.25. The third-order valence-electron chi connectivity index (χ3n) is 3.05. The molecule has 1 N–H and O–H groups in total. The summed E-state index contributed by atoms with van der Waals surface area (Å²) in [6.45, 7) is 8.56. The summed E-state index contributed by atoms with van der Waals surface area (Å²) in [5, 5.41) is 6.89. The molecule has 1 aromatic carbocycles. The lowest BCUT2D eigenvalue weighted by Gasteiger charge is -2.36. The molecule has 122 valence electrons. The molecule has 6 heteroatoms. The fraction of sp³-hybridized carbons (Fsp3) is 0.500. The summed E-state index contributed by atoms with van der Waals surface area (Å²) in [4.78, 5) is 24.4. The van der Waals surface area contributed by atoms with Crippen molar-refractivity contribution in [3.63, 3.8) is 0 Å². The first-order valence-corrected chi connectivity index (χ1v) is 7.23. The maximum absolute atomic E-state index is 11.9. The number of ether oxygens (including phenoxy) is 1. The van der Waals surface area contributed by atoms with Crippen molar-refractivity contribution < 1.29 is 19.4 Å². The van der Waals surface area contributed by atoms with Gasteiger partial charge in [-0.15, -0.1) is 0 Å². The zero-order valence-corrected chi connectivity index (χ0v) is 13.4. The Morgan fingerprint density at radius 3 is 2.09 bits per heavy atom. The van der Waals surface area contributed by atoms with Crippen molar-refractivity contribution >= 4 is 18.3 Å². The first kappa shape index (κ1) is 17.8. The molecule has 1 amide bonds. The van der Waals surface area contributed by atoms with Gasteiger partial charge in [0, 0.05) is 31.9 Å². The lowest BCUT2D eigenvalue weighted by atomic mass is 10.2. The Labute approximate surface area is 131 Å². The van der Waals surface area contributed by atoms with Crippen molar-refractivity contribution in [2.45, 2.75) is 26.4 Å². The van der Waals surface area contributed by atoms with Gasteiger partial charge in [-0.1, -0.05) is 18.2 Å². The van der Waals surface area contributed by atoms with Crippen molar-refractivity contribution in [1.29, 1.82) is 0 Å². The average Bonchev–Trinajstić information content (AvgIpc) is 2.47. The molecule has 0 atom stereocenters. The summed E-state index contributed by atoms with van der Waals surface area (Å²) in [6.07, 6.45) is -0.208. The Morgan fingerprint density at radius 2 is 1.64 bits per heavy atom. The van der Waals surface area contributed by atoms with Crippen LogP contribution in [0.15, 0.2) is 30.3 Å². The molecule has 1 aliphatic rings. The van der Waals surface area contributed by atoms with E-state index in [0.717, 1.165) is 13.1 Å². The van der Waals surface area contributed by atoms with E-state index in [4.69, 9.17) is 14.6 Å². The first-order valence-electron chi connectivity index (χ1n) is 7.23. The zero-order valence-electron chi connectivity index (χ0n) is 13.4. The molecule has 1 aromatic rings. The lowest BCUT2D eigenvalue weighted by molar-refractivity contribution is -0.122. The van der Waals surface area contributed by atoms with Gasteiger partial charge in [0.15, 0.2) is 0 Å². The summed E-state index contributed by atoms with van der Waals surface area (Å²) >= 11 is 0. The number of carboxylic acid groups (broad SMARTS) is 1. The van der Waals surface area contributed by atoms with Crippen molar-refractivity contribution in [3.8, 4) is 0 Å². The number of carbonyl (C=O) groups is 2. The zero-order chi connectivity index (χ0) is 16.6. The summed E-state index contributed by atoms with van der Waals surface area (Å²) < 4.78 is 5.39. The van der Waals surface area contributed by atoms with Gasteiger partial charge < -0.3 is 19.6 Å². The number of nitrogens with zero attached hydrogens (tertiary/aromatic N) is 2. The predicted molar refractivity (Wildman–Crippen MR) is 85.2 cm³/mol. The third kappa shape index (κ3) is 6.03. The van der Waals surface area contributed by atoms with Crippen LogP contribution in [0.25, 0.3) is 0 Å². The van der Waals surface area contributed by atoms with Crippen LogP contribution < -0.4 is 4.90 Å². The minimum Gasteiger partial charge on any atom is -0.483 e. The molecule has 22 heavy (non-hydrogen) atoms. The maximum Gasteiger partial charge on any atom is 0.410 e. The van der Waals surface area contributed by atoms with E-state index in [2.05, 4.69) is 17.0 Å². The molecule has 0 bridgehead atoms. The topological polar surface area (TPSA) is 70.1 Å². The van der Waals surface area contributed by atoms with Crippen LogP contribution in [0.3, 0.4) is 0 Å². The number of para-hydroxylation sites is 1. The fourth-order valence-corrected chi connectivity index (χ4v) is 2.11. The number of rotatable bonds is 1. The number of anilines is 1. The molecule has 0 aromatic heterocycles. The standard InChI is InChI=1S/C15H22N2O2.CH2O2/c1-15(2,3)19-14(18)17-11-9-16(10-12-17)13-7-5-4-6-8-13;2-1-3/h4-8H,9-12H2,1-3H3;1H,(H,2,3). The SMILES string of the molecule is CC(C)(C)OC(=O)N1CCN(c2ccccc2)CC1.O=CO. The van der Waals surface area contributed by atoms with Crippen LogP contribution in [0, 0.1) is 0 Å². The molecule has 1 aliphatic heterocycles. The minimum atomic E-state index is -0.423. The van der Waals surface area contributed by atoms with Crippen LogP contribution in [0.4, 0.5) is 10.5 Å². The largest absolute Gasteiger partial charge is 0.483 e. The normalized spacial score (nSPS) is 14.7. The van der Waals surface area contributed by atoms with Gasteiger partial charge in [0.2, 0.25) is 0 Å². The molecule has 0 unspecified atom stereocenters. The lowest BCUT2D eigenvalue weighted by Crippen LogP contribution is -2.50. The minimum absolute atomic E-state index is 0.208. The molecule has 0 spiro atoms. The monoisotopic (exact) mass is 308 g/mol. The molecule has 1 saturated heterocycles. The Hall–Kier alpha value is -2.24. The van der Waals surface area contributed by atoms with Crippen LogP contribution in [0.5, 0.6) is 0 Å². The van der Waals surface area contributed by atoms with E-state index < -0.39 is 5.60 Å². The van der Waals surface area contributed by atoms with Crippen LogP contribution in [0.2, 0.25) is 0 Å². The number of benzene rings is 1. The summed E-state index contributed by atoms with van der Waals surface area (Å²) in [7, 11) is 0. The van der Waals surface area contributed by atoms with Gasteiger partial charge in [0.25, 0.3) is 6.47 Å². The Morgan fingerprint density at radius 1 is 1.14 bits per heavy atom. The second-order valence-electron chi connectivity index (χ2n) is 5.90. The highest BCUT2D eigenvalue weighted by molar-refractivity contribution is 5.68. The highest BCUT2D eigenvalue weighted by atomic mass is 16.6. The van der Waals surface area contributed by atoms with Crippen molar-refractivity contribution in [2.75, 3.05) is 31.1 Å². The Bertz CT molecular complexity index is 463. The predicted octanol–water partition coefficient (Wildman–Crippen LogP) is 2.44. The third-order valence-corrected chi connectivity index (χ3v) is 3.05. The van der Waals surface area contributed by atoms with Crippen LogP contribution >= 0.6 is 0 Å². The van der Waals surface area contributed by atoms with Gasteiger partial charge >= 0.3 is 6.09 Å². The first-order chi connectivity index (χ1) is 10.4. The molecule has 0 radical (unpaired) electrons. The summed E-state index contributed by atoms with van der Waals surface area (Å²) in [5.41, 5.74) is 0.791. The molecule has 6 nitrogen and oxygen atoms in total. The summed E-state index contributed by atoms with van der Waals surface area (Å²) in [6, 6.07) is 10.3. The number of piperazine rings is 1. The number of hydrogen-bond acceptors (Lipinski definition) is 4. The Balaban J connectivity index is 0.000000745. The molecule has 0 saturated carbocycles. The second kappa shape index (κ2) is 8.26. The van der Waals surface area contributed by atoms with E-state index in [0.29, 0.717) is 13.1 Å². The van der Waals surface area contributed by atoms with E-state index in [1.165, 1.54) is 5.69 Å². The van der Waals surface area contributed by atoms with E-state index in [1.54, 1.807) is 4.90 Å². The van der Waals surface area contributed by atoms with Crippen molar-refractivity contribution in [3.05, 3.63) is 30.3 Å². The van der Waals surface area contributed by atoms with E-state index >= 15 is 0 Å². The highest BCUT2D eigenvalue weighted by Crippen LogP contribution is 2.17. The second-order valence-corrected chi connectivity index (χ2v) is 5.90. The number of hydrogen-bond donors (Lipinski definition) is 1. The van der Waals surface area contributed by atoms with Gasteiger partial charge in [0.05, 0.1) is 0 Å². The van der Waals surface area contributed by atoms with Gasteiger partial charge in [-0.05, 0) is 32.9 Å². The van der Waals surface area contributed by atoms with E-state index in [1.807, 2.05) is 39.0 Å². The Kier molecular flexibility index (Phi) is 6.69. The van der Waals surface area contributed by atoms with E-state index in [-0.39, 0.29) is 12.6 Å². The molecule has 1 heterocycles. The van der Waals surface area contributed by atoms with E-state index in [9.17, 15) is 4.79 Å². The van der Waals surface area contributed by atoms with Gasteiger partial charge in [-0.2, -0.15) is 0 Å². The van der Waals surface area contributed by atoms with Crippen LogP contribution in [-0.2, 0) is 9.53 Å². The van der Waals surface area contributed by atoms with Crippen molar-refractivity contribution in [1.82, 2.24) is 4.90 Å². The molecule has 2 rings (SSSR count).